The SMILES string of the molecule is CCc1ccccc1CN=C(N)NC1CCCCC1.I. The van der Waals surface area contributed by atoms with Gasteiger partial charge in [-0.25, -0.2) is 4.99 Å². The van der Waals surface area contributed by atoms with Crippen LogP contribution in [0.5, 0.6) is 0 Å². The quantitative estimate of drug-likeness (QED) is 0.471. The molecule has 0 radical (unpaired) electrons. The maximum atomic E-state index is 5.98. The van der Waals surface area contributed by atoms with Crippen LogP contribution in [-0.2, 0) is 13.0 Å². The molecule has 112 valence electrons. The monoisotopic (exact) mass is 387 g/mol. The topological polar surface area (TPSA) is 50.4 Å². The summed E-state index contributed by atoms with van der Waals surface area (Å²) in [5.41, 5.74) is 8.62. The van der Waals surface area contributed by atoms with Crippen molar-refractivity contribution < 1.29 is 0 Å². The molecule has 0 unspecified atom stereocenters. The summed E-state index contributed by atoms with van der Waals surface area (Å²) in [6.07, 6.45) is 7.47. The Morgan fingerprint density at radius 3 is 2.50 bits per heavy atom. The van der Waals surface area contributed by atoms with E-state index in [4.69, 9.17) is 5.73 Å². The van der Waals surface area contributed by atoms with Gasteiger partial charge in [0.2, 0.25) is 0 Å². The number of halogens is 1. The highest BCUT2D eigenvalue weighted by molar-refractivity contribution is 14.0. The van der Waals surface area contributed by atoms with Crippen LogP contribution in [0, 0.1) is 0 Å². The van der Waals surface area contributed by atoms with Crippen molar-refractivity contribution in [1.82, 2.24) is 5.32 Å². The lowest BCUT2D eigenvalue weighted by Crippen LogP contribution is -2.41. The number of hydrogen-bond donors (Lipinski definition) is 2. The Morgan fingerprint density at radius 1 is 1.20 bits per heavy atom. The molecule has 1 aromatic rings. The first kappa shape index (κ1) is 17.3. The number of nitrogens with one attached hydrogen (secondary N) is 1. The standard InChI is InChI=1S/C16H25N3.HI/c1-2-13-8-6-7-9-14(13)12-18-16(17)19-15-10-4-3-5-11-15;/h6-9,15H,2-5,10-12H2,1H3,(H3,17,18,19);1H. The van der Waals surface area contributed by atoms with Crippen molar-refractivity contribution in [2.24, 2.45) is 10.7 Å². The zero-order chi connectivity index (χ0) is 13.5. The highest BCUT2D eigenvalue weighted by Gasteiger charge is 2.13. The Kier molecular flexibility index (Phi) is 7.95. The van der Waals surface area contributed by atoms with Gasteiger partial charge < -0.3 is 11.1 Å². The maximum Gasteiger partial charge on any atom is 0.189 e. The molecule has 3 nitrogen and oxygen atoms in total. The first-order chi connectivity index (χ1) is 9.29. The van der Waals surface area contributed by atoms with E-state index in [-0.39, 0.29) is 24.0 Å². The fourth-order valence-electron chi connectivity index (χ4n) is 2.73. The Morgan fingerprint density at radius 2 is 1.85 bits per heavy atom. The lowest BCUT2D eigenvalue weighted by Gasteiger charge is -2.23. The van der Waals surface area contributed by atoms with E-state index < -0.39 is 0 Å². The average molecular weight is 387 g/mol. The van der Waals surface area contributed by atoms with Gasteiger partial charge in [0.1, 0.15) is 0 Å². The second kappa shape index (κ2) is 9.21. The van der Waals surface area contributed by atoms with E-state index in [0.29, 0.717) is 18.5 Å². The molecule has 1 aliphatic rings. The molecule has 3 N–H and O–H groups in total. The van der Waals surface area contributed by atoms with Crippen LogP contribution in [0.3, 0.4) is 0 Å². The molecule has 1 aliphatic carbocycles. The summed E-state index contributed by atoms with van der Waals surface area (Å²) < 4.78 is 0. The zero-order valence-electron chi connectivity index (χ0n) is 12.3. The number of guanidine groups is 1. The van der Waals surface area contributed by atoms with Gasteiger partial charge in [0.05, 0.1) is 6.54 Å². The number of aryl methyl sites for hydroxylation is 1. The van der Waals surface area contributed by atoms with Gasteiger partial charge in [-0.3, -0.25) is 0 Å². The van der Waals surface area contributed by atoms with E-state index in [1.54, 1.807) is 0 Å². The highest BCUT2D eigenvalue weighted by atomic mass is 127. The summed E-state index contributed by atoms with van der Waals surface area (Å²) in [6.45, 7) is 2.85. The van der Waals surface area contributed by atoms with Gasteiger partial charge >= 0.3 is 0 Å². The summed E-state index contributed by atoms with van der Waals surface area (Å²) in [4.78, 5) is 4.48. The molecular weight excluding hydrogens is 361 g/mol. The first-order valence-corrected chi connectivity index (χ1v) is 7.43. The predicted molar refractivity (Wildman–Crippen MR) is 96.6 cm³/mol. The lowest BCUT2D eigenvalue weighted by molar-refractivity contribution is 0.412. The first-order valence-electron chi connectivity index (χ1n) is 7.43. The van der Waals surface area contributed by atoms with Crippen LogP contribution in [0.25, 0.3) is 0 Å². The average Bonchev–Trinajstić information content (AvgIpc) is 2.46. The zero-order valence-corrected chi connectivity index (χ0v) is 14.6. The van der Waals surface area contributed by atoms with Crippen LogP contribution < -0.4 is 11.1 Å². The highest BCUT2D eigenvalue weighted by Crippen LogP contribution is 2.17. The smallest absolute Gasteiger partial charge is 0.189 e. The normalized spacial score (nSPS) is 16.6. The number of nitrogens with two attached hydrogens (primary N) is 1. The number of rotatable bonds is 4. The van der Waals surface area contributed by atoms with Crippen molar-refractivity contribution in [1.29, 1.82) is 0 Å². The minimum Gasteiger partial charge on any atom is -0.370 e. The summed E-state index contributed by atoms with van der Waals surface area (Å²) in [6, 6.07) is 8.97. The van der Waals surface area contributed by atoms with Crippen LogP contribution >= 0.6 is 24.0 Å². The maximum absolute atomic E-state index is 5.98. The van der Waals surface area contributed by atoms with Gasteiger partial charge in [0.25, 0.3) is 0 Å². The molecule has 0 bridgehead atoms. The molecular formula is C16H26IN3. The third kappa shape index (κ3) is 5.31. The van der Waals surface area contributed by atoms with Crippen molar-refractivity contribution in [3.8, 4) is 0 Å². The van der Waals surface area contributed by atoms with Crippen LogP contribution in [-0.4, -0.2) is 12.0 Å². The second-order valence-corrected chi connectivity index (χ2v) is 5.30. The minimum atomic E-state index is 0. The molecule has 1 saturated carbocycles. The molecule has 0 spiro atoms. The molecule has 2 rings (SSSR count). The van der Waals surface area contributed by atoms with Crippen molar-refractivity contribution in [3.05, 3.63) is 35.4 Å². The van der Waals surface area contributed by atoms with Gasteiger partial charge in [-0.1, -0.05) is 50.5 Å². The third-order valence-corrected chi connectivity index (χ3v) is 3.88. The van der Waals surface area contributed by atoms with Crippen LogP contribution in [0.2, 0.25) is 0 Å². The molecule has 0 saturated heterocycles. The number of benzene rings is 1. The van der Waals surface area contributed by atoms with E-state index >= 15 is 0 Å². The van der Waals surface area contributed by atoms with Gasteiger partial charge in [0.15, 0.2) is 5.96 Å². The third-order valence-electron chi connectivity index (χ3n) is 3.88. The van der Waals surface area contributed by atoms with Crippen LogP contribution in [0.1, 0.15) is 50.2 Å². The number of hydrogen-bond acceptors (Lipinski definition) is 1. The Labute approximate surface area is 139 Å². The molecule has 1 fully saturated rings. The fourth-order valence-corrected chi connectivity index (χ4v) is 2.73. The Balaban J connectivity index is 0.00000200. The fraction of sp³-hybridized carbons (Fsp3) is 0.562. The number of nitrogens with zero attached hydrogens (tertiary/aromatic N) is 1. The predicted octanol–water partition coefficient (Wildman–Crippen LogP) is 3.60. The number of aliphatic imine (C=N–C) groups is 1. The van der Waals surface area contributed by atoms with Crippen LogP contribution in [0.15, 0.2) is 29.3 Å². The van der Waals surface area contributed by atoms with E-state index in [2.05, 4.69) is 41.5 Å². The largest absolute Gasteiger partial charge is 0.370 e. The Bertz CT molecular complexity index is 425. The molecule has 1 aromatic carbocycles. The van der Waals surface area contributed by atoms with E-state index in [1.165, 1.54) is 43.2 Å². The van der Waals surface area contributed by atoms with E-state index in [9.17, 15) is 0 Å². The molecule has 0 aromatic heterocycles. The summed E-state index contributed by atoms with van der Waals surface area (Å²) >= 11 is 0. The summed E-state index contributed by atoms with van der Waals surface area (Å²) in [5.74, 6) is 0.595. The molecule has 0 heterocycles. The minimum absolute atomic E-state index is 0. The van der Waals surface area contributed by atoms with E-state index in [1.807, 2.05) is 0 Å². The molecule has 20 heavy (non-hydrogen) atoms. The summed E-state index contributed by atoms with van der Waals surface area (Å²) in [5, 5.41) is 3.35. The molecule has 0 amide bonds. The lowest BCUT2D eigenvalue weighted by atomic mass is 9.96. The Hall–Kier alpha value is -0.780. The van der Waals surface area contributed by atoms with Gasteiger partial charge in [0, 0.05) is 6.04 Å². The van der Waals surface area contributed by atoms with Crippen molar-refractivity contribution in [2.75, 3.05) is 0 Å². The van der Waals surface area contributed by atoms with Crippen molar-refractivity contribution in [2.45, 2.75) is 58.0 Å². The molecule has 4 heteroatoms. The molecule has 0 atom stereocenters. The summed E-state index contributed by atoms with van der Waals surface area (Å²) in [7, 11) is 0. The van der Waals surface area contributed by atoms with Crippen molar-refractivity contribution >= 4 is 29.9 Å². The van der Waals surface area contributed by atoms with Gasteiger partial charge in [-0.05, 0) is 30.4 Å². The van der Waals surface area contributed by atoms with Gasteiger partial charge in [-0.15, -0.1) is 24.0 Å². The van der Waals surface area contributed by atoms with Crippen LogP contribution in [0.4, 0.5) is 0 Å². The molecule has 0 aliphatic heterocycles. The van der Waals surface area contributed by atoms with E-state index in [0.717, 1.165) is 6.42 Å². The van der Waals surface area contributed by atoms with Crippen molar-refractivity contribution in [3.63, 3.8) is 0 Å². The second-order valence-electron chi connectivity index (χ2n) is 5.30. The van der Waals surface area contributed by atoms with Gasteiger partial charge in [-0.2, -0.15) is 0 Å².